The summed E-state index contributed by atoms with van der Waals surface area (Å²) in [6, 6.07) is 15.4. The Labute approximate surface area is 178 Å². The van der Waals surface area contributed by atoms with Gasteiger partial charge in [-0.05, 0) is 49.1 Å². The van der Waals surface area contributed by atoms with Gasteiger partial charge in [-0.1, -0.05) is 18.2 Å². The minimum Gasteiger partial charge on any atom is -0.490 e. The summed E-state index contributed by atoms with van der Waals surface area (Å²) in [6.07, 6.45) is 2.81. The third-order valence-corrected chi connectivity index (χ3v) is 5.73. The van der Waals surface area contributed by atoms with Crippen LogP contribution in [0.25, 0.3) is 0 Å². The Kier molecular flexibility index (Phi) is 6.87. The van der Waals surface area contributed by atoms with Crippen molar-refractivity contribution < 1.29 is 14.3 Å². The molecule has 2 aromatic rings. The number of methoxy groups -OCH3 is 1. The van der Waals surface area contributed by atoms with Crippen molar-refractivity contribution in [1.29, 1.82) is 0 Å². The quantitative estimate of drug-likeness (QED) is 0.643. The van der Waals surface area contributed by atoms with Gasteiger partial charge >= 0.3 is 0 Å². The van der Waals surface area contributed by atoms with Crippen LogP contribution in [-0.2, 0) is 4.74 Å². The molecule has 0 atom stereocenters. The molecule has 1 saturated heterocycles. The smallest absolute Gasteiger partial charge is 0.259 e. The summed E-state index contributed by atoms with van der Waals surface area (Å²) in [5, 5.41) is 3.02. The maximum absolute atomic E-state index is 12.9. The van der Waals surface area contributed by atoms with E-state index in [4.69, 9.17) is 9.47 Å². The first-order valence-electron chi connectivity index (χ1n) is 10.8. The topological polar surface area (TPSA) is 54.0 Å². The first-order chi connectivity index (χ1) is 14.7. The van der Waals surface area contributed by atoms with Crippen molar-refractivity contribution in [3.8, 4) is 5.75 Å². The van der Waals surface area contributed by atoms with Gasteiger partial charge in [0.05, 0.1) is 12.2 Å². The first-order valence-corrected chi connectivity index (χ1v) is 10.8. The number of hydrogen-bond acceptors (Lipinski definition) is 5. The third kappa shape index (κ3) is 5.52. The Bertz CT molecular complexity index is 845. The highest BCUT2D eigenvalue weighted by Gasteiger charge is 2.26. The number of nitrogens with zero attached hydrogens (tertiary/aromatic N) is 2. The number of anilines is 2. The highest BCUT2D eigenvalue weighted by Crippen LogP contribution is 2.30. The zero-order valence-electron chi connectivity index (χ0n) is 17.7. The second-order valence-corrected chi connectivity index (χ2v) is 8.07. The van der Waals surface area contributed by atoms with Crippen molar-refractivity contribution in [1.82, 2.24) is 4.90 Å². The highest BCUT2D eigenvalue weighted by molar-refractivity contribution is 6.06. The van der Waals surface area contributed by atoms with Crippen molar-refractivity contribution >= 4 is 17.3 Å². The number of carbonyl (C=O) groups is 1. The summed E-state index contributed by atoms with van der Waals surface area (Å²) in [4.78, 5) is 17.9. The number of rotatable bonds is 9. The van der Waals surface area contributed by atoms with Gasteiger partial charge in [0.2, 0.25) is 0 Å². The van der Waals surface area contributed by atoms with Gasteiger partial charge in [0.25, 0.3) is 5.91 Å². The van der Waals surface area contributed by atoms with Gasteiger partial charge in [0, 0.05) is 51.2 Å². The molecule has 1 heterocycles. The third-order valence-electron chi connectivity index (χ3n) is 5.73. The molecule has 2 fully saturated rings. The molecular weight excluding hydrogens is 378 g/mol. The van der Waals surface area contributed by atoms with Gasteiger partial charge in [-0.2, -0.15) is 0 Å². The average Bonchev–Trinajstić information content (AvgIpc) is 3.59. The van der Waals surface area contributed by atoms with Crippen LogP contribution in [-0.4, -0.2) is 63.9 Å². The molecule has 6 nitrogen and oxygen atoms in total. The van der Waals surface area contributed by atoms with Gasteiger partial charge in [-0.3, -0.25) is 9.69 Å². The second-order valence-electron chi connectivity index (χ2n) is 8.07. The van der Waals surface area contributed by atoms with Crippen LogP contribution in [0.2, 0.25) is 0 Å². The van der Waals surface area contributed by atoms with Crippen LogP contribution in [0.3, 0.4) is 0 Å². The number of nitrogens with one attached hydrogen (secondary N) is 1. The highest BCUT2D eigenvalue weighted by atomic mass is 16.5. The number of ether oxygens (including phenoxy) is 2. The van der Waals surface area contributed by atoms with E-state index in [0.717, 1.165) is 43.5 Å². The van der Waals surface area contributed by atoms with E-state index in [1.807, 2.05) is 30.3 Å². The fraction of sp³-hybridized carbons (Fsp3) is 0.458. The molecule has 160 valence electrons. The Hall–Kier alpha value is -2.57. The maximum Gasteiger partial charge on any atom is 0.259 e. The molecule has 1 N–H and O–H groups in total. The molecule has 0 bridgehead atoms. The lowest BCUT2D eigenvalue weighted by Crippen LogP contribution is -2.47. The Balaban J connectivity index is 1.37. The van der Waals surface area contributed by atoms with E-state index in [0.29, 0.717) is 24.5 Å². The molecule has 0 unspecified atom stereocenters. The Morgan fingerprint density at radius 1 is 1.03 bits per heavy atom. The number of amides is 1. The number of hydrogen-bond donors (Lipinski definition) is 1. The fourth-order valence-electron chi connectivity index (χ4n) is 3.85. The van der Waals surface area contributed by atoms with Gasteiger partial charge in [0.15, 0.2) is 0 Å². The summed E-state index contributed by atoms with van der Waals surface area (Å²) < 4.78 is 10.7. The molecular formula is C24H31N3O3. The normalized spacial score (nSPS) is 17.0. The van der Waals surface area contributed by atoms with E-state index < -0.39 is 0 Å². The van der Waals surface area contributed by atoms with Gasteiger partial charge in [-0.15, -0.1) is 0 Å². The summed E-state index contributed by atoms with van der Waals surface area (Å²) in [6.45, 7) is 6.42. The number of carbonyl (C=O) groups excluding carboxylic acids is 1. The molecule has 1 aliphatic heterocycles. The van der Waals surface area contributed by atoms with Gasteiger partial charge in [-0.25, -0.2) is 0 Å². The van der Waals surface area contributed by atoms with Crippen molar-refractivity contribution in [2.75, 3.05) is 63.3 Å². The van der Waals surface area contributed by atoms with Crippen LogP contribution in [0.15, 0.2) is 48.5 Å². The minimum atomic E-state index is -0.172. The van der Waals surface area contributed by atoms with E-state index in [-0.39, 0.29) is 5.91 Å². The fourth-order valence-corrected chi connectivity index (χ4v) is 3.85. The zero-order chi connectivity index (χ0) is 20.8. The first kappa shape index (κ1) is 20.7. The van der Waals surface area contributed by atoms with Crippen LogP contribution in [0.5, 0.6) is 5.75 Å². The molecule has 30 heavy (non-hydrogen) atoms. The molecule has 1 aliphatic carbocycles. The van der Waals surface area contributed by atoms with Crippen LogP contribution < -0.4 is 15.0 Å². The van der Waals surface area contributed by atoms with E-state index in [1.54, 1.807) is 13.2 Å². The molecule has 6 heteroatoms. The molecule has 1 saturated carbocycles. The van der Waals surface area contributed by atoms with E-state index in [1.165, 1.54) is 19.4 Å². The molecule has 4 rings (SSSR count). The number of piperazine rings is 1. The summed E-state index contributed by atoms with van der Waals surface area (Å²) >= 11 is 0. The molecule has 0 spiro atoms. The Morgan fingerprint density at radius 2 is 1.83 bits per heavy atom. The second kappa shape index (κ2) is 9.96. The number of benzene rings is 2. The molecule has 0 aromatic heterocycles. The van der Waals surface area contributed by atoms with Gasteiger partial charge < -0.3 is 19.7 Å². The van der Waals surface area contributed by atoms with E-state index in [2.05, 4.69) is 27.2 Å². The Morgan fingerprint density at radius 3 is 2.60 bits per heavy atom. The van der Waals surface area contributed by atoms with Crippen molar-refractivity contribution in [3.63, 3.8) is 0 Å². The average molecular weight is 410 g/mol. The van der Waals surface area contributed by atoms with Crippen LogP contribution in [0.1, 0.15) is 23.2 Å². The number of para-hydroxylation sites is 1. The van der Waals surface area contributed by atoms with Crippen molar-refractivity contribution in [2.24, 2.45) is 5.92 Å². The largest absolute Gasteiger partial charge is 0.490 e. The molecule has 1 amide bonds. The summed E-state index contributed by atoms with van der Waals surface area (Å²) in [5.74, 6) is 1.33. The lowest BCUT2D eigenvalue weighted by Gasteiger charge is -2.36. The van der Waals surface area contributed by atoms with E-state index >= 15 is 0 Å². The molecule has 0 radical (unpaired) electrons. The predicted molar refractivity (Wildman–Crippen MR) is 120 cm³/mol. The van der Waals surface area contributed by atoms with Crippen LogP contribution >= 0.6 is 0 Å². The predicted octanol–water partition coefficient (Wildman–Crippen LogP) is 3.50. The summed E-state index contributed by atoms with van der Waals surface area (Å²) in [7, 11) is 1.63. The standard InChI is InChI=1S/C24H31N3O3/c1-29-15-16-30-23-8-3-2-7-22(23)24(28)25-20-5-4-6-21(17-20)27-13-11-26(12-14-27)18-19-9-10-19/h2-8,17,19H,9-16,18H2,1H3,(H,25,28). The molecule has 2 aromatic carbocycles. The minimum absolute atomic E-state index is 0.172. The van der Waals surface area contributed by atoms with Crippen molar-refractivity contribution in [2.45, 2.75) is 12.8 Å². The monoisotopic (exact) mass is 409 g/mol. The van der Waals surface area contributed by atoms with Crippen LogP contribution in [0.4, 0.5) is 11.4 Å². The SMILES string of the molecule is COCCOc1ccccc1C(=O)Nc1cccc(N2CCN(CC3CC3)CC2)c1. The maximum atomic E-state index is 12.9. The lowest BCUT2D eigenvalue weighted by atomic mass is 10.1. The summed E-state index contributed by atoms with van der Waals surface area (Å²) in [5.41, 5.74) is 2.47. The van der Waals surface area contributed by atoms with Gasteiger partial charge in [0.1, 0.15) is 12.4 Å². The van der Waals surface area contributed by atoms with E-state index in [9.17, 15) is 4.79 Å². The lowest BCUT2D eigenvalue weighted by molar-refractivity contribution is 0.101. The zero-order valence-corrected chi connectivity index (χ0v) is 17.7. The van der Waals surface area contributed by atoms with Crippen molar-refractivity contribution in [3.05, 3.63) is 54.1 Å². The molecule has 2 aliphatic rings. The van der Waals surface area contributed by atoms with Crippen LogP contribution in [0, 0.1) is 5.92 Å².